The Labute approximate surface area is 132 Å². The van der Waals surface area contributed by atoms with Gasteiger partial charge in [0, 0.05) is 31.3 Å². The predicted octanol–water partition coefficient (Wildman–Crippen LogP) is 3.28. The first-order chi connectivity index (χ1) is 10.6. The summed E-state index contributed by atoms with van der Waals surface area (Å²) in [6.45, 7) is 7.01. The third kappa shape index (κ3) is 4.37. The molecule has 2 rings (SSSR count). The predicted molar refractivity (Wildman–Crippen MR) is 87.5 cm³/mol. The van der Waals surface area contributed by atoms with Crippen molar-refractivity contribution in [2.45, 2.75) is 26.7 Å². The fraction of sp³-hybridized carbons (Fsp3) is 0.588. The van der Waals surface area contributed by atoms with Crippen LogP contribution in [0.5, 0.6) is 5.75 Å². The van der Waals surface area contributed by atoms with E-state index in [9.17, 15) is 4.79 Å². The molecule has 1 aliphatic rings. The largest absolute Gasteiger partial charge is 0.496 e. The van der Waals surface area contributed by atoms with Gasteiger partial charge in [-0.25, -0.2) is 4.79 Å². The molecule has 122 valence electrons. The summed E-state index contributed by atoms with van der Waals surface area (Å²) in [5.74, 6) is 1.27. The summed E-state index contributed by atoms with van der Waals surface area (Å²) < 4.78 is 10.7. The number of hydrogen-bond acceptors (Lipinski definition) is 3. The molecule has 1 aromatic carbocycles. The topological polar surface area (TPSA) is 50.8 Å². The van der Waals surface area contributed by atoms with Gasteiger partial charge >= 0.3 is 6.03 Å². The summed E-state index contributed by atoms with van der Waals surface area (Å²) >= 11 is 0. The molecular formula is C17H26N2O3. The van der Waals surface area contributed by atoms with Crippen LogP contribution in [0.25, 0.3) is 0 Å². The number of carbonyl (C=O) groups is 1. The zero-order chi connectivity index (χ0) is 15.9. The van der Waals surface area contributed by atoms with Crippen LogP contribution in [-0.4, -0.2) is 44.3 Å². The van der Waals surface area contributed by atoms with Crippen LogP contribution in [0.4, 0.5) is 10.5 Å². The maximum atomic E-state index is 12.4. The number of amides is 2. The second kappa shape index (κ2) is 8.03. The first kappa shape index (κ1) is 16.6. The lowest BCUT2D eigenvalue weighted by Crippen LogP contribution is -2.43. The van der Waals surface area contributed by atoms with Gasteiger partial charge in [0.15, 0.2) is 0 Å². The van der Waals surface area contributed by atoms with Crippen molar-refractivity contribution in [3.8, 4) is 5.75 Å². The molecule has 1 N–H and O–H groups in total. The molecule has 5 nitrogen and oxygen atoms in total. The molecule has 0 saturated carbocycles. The Morgan fingerprint density at radius 2 is 2.27 bits per heavy atom. The lowest BCUT2D eigenvalue weighted by molar-refractivity contribution is 0.0777. The van der Waals surface area contributed by atoms with E-state index in [2.05, 4.69) is 5.32 Å². The smallest absolute Gasteiger partial charge is 0.321 e. The standard InChI is InChI=1S/C17H26N2O3/c1-4-22-12-14-6-5-9-19(11-14)17(20)18-15-7-8-16(21-3)13(2)10-15/h7-8,10,14H,4-6,9,11-12H2,1-3H3,(H,18,20)/t14-/m0/s1. The van der Waals surface area contributed by atoms with E-state index in [1.165, 1.54) is 0 Å². The van der Waals surface area contributed by atoms with Crippen LogP contribution in [-0.2, 0) is 4.74 Å². The van der Waals surface area contributed by atoms with Crippen LogP contribution >= 0.6 is 0 Å². The molecule has 1 saturated heterocycles. The number of methoxy groups -OCH3 is 1. The molecule has 0 spiro atoms. The molecule has 1 aromatic rings. The Bertz CT molecular complexity index is 505. The van der Waals surface area contributed by atoms with Gasteiger partial charge in [0.1, 0.15) is 5.75 Å². The zero-order valence-electron chi connectivity index (χ0n) is 13.7. The highest BCUT2D eigenvalue weighted by Gasteiger charge is 2.23. The van der Waals surface area contributed by atoms with Gasteiger partial charge < -0.3 is 19.7 Å². The average Bonchev–Trinajstić information content (AvgIpc) is 2.53. The number of nitrogens with one attached hydrogen (secondary N) is 1. The van der Waals surface area contributed by atoms with Gasteiger partial charge in [-0.15, -0.1) is 0 Å². The van der Waals surface area contributed by atoms with E-state index in [1.807, 2.05) is 36.9 Å². The molecule has 5 heteroatoms. The number of aryl methyl sites for hydroxylation is 1. The van der Waals surface area contributed by atoms with Crippen molar-refractivity contribution in [1.29, 1.82) is 0 Å². The highest BCUT2D eigenvalue weighted by Crippen LogP contribution is 2.22. The van der Waals surface area contributed by atoms with Gasteiger partial charge in [-0.2, -0.15) is 0 Å². The summed E-state index contributed by atoms with van der Waals surface area (Å²) in [6, 6.07) is 5.63. The molecule has 1 aliphatic heterocycles. The van der Waals surface area contributed by atoms with Crippen LogP contribution in [0.1, 0.15) is 25.3 Å². The van der Waals surface area contributed by atoms with E-state index in [4.69, 9.17) is 9.47 Å². The van der Waals surface area contributed by atoms with Gasteiger partial charge in [-0.3, -0.25) is 0 Å². The van der Waals surface area contributed by atoms with Crippen molar-refractivity contribution in [3.05, 3.63) is 23.8 Å². The number of benzene rings is 1. The van der Waals surface area contributed by atoms with Crippen molar-refractivity contribution in [2.24, 2.45) is 5.92 Å². The minimum Gasteiger partial charge on any atom is -0.496 e. The molecule has 22 heavy (non-hydrogen) atoms. The minimum absolute atomic E-state index is 0.0363. The number of rotatable bonds is 5. The Morgan fingerprint density at radius 3 is 2.95 bits per heavy atom. The molecule has 0 unspecified atom stereocenters. The molecule has 0 radical (unpaired) electrons. The van der Waals surface area contributed by atoms with Crippen LogP contribution in [0.15, 0.2) is 18.2 Å². The quantitative estimate of drug-likeness (QED) is 0.908. The van der Waals surface area contributed by atoms with Crippen molar-refractivity contribution in [3.63, 3.8) is 0 Å². The van der Waals surface area contributed by atoms with E-state index in [-0.39, 0.29) is 6.03 Å². The first-order valence-electron chi connectivity index (χ1n) is 7.92. The third-order valence-corrected chi connectivity index (χ3v) is 4.01. The number of likely N-dealkylation sites (tertiary alicyclic amines) is 1. The number of hydrogen-bond donors (Lipinski definition) is 1. The minimum atomic E-state index is -0.0363. The zero-order valence-corrected chi connectivity index (χ0v) is 13.7. The van der Waals surface area contributed by atoms with Gasteiger partial charge in [0.25, 0.3) is 0 Å². The lowest BCUT2D eigenvalue weighted by Gasteiger charge is -2.32. The Morgan fingerprint density at radius 1 is 1.45 bits per heavy atom. The number of ether oxygens (including phenoxy) is 2. The van der Waals surface area contributed by atoms with Crippen molar-refractivity contribution in [2.75, 3.05) is 38.7 Å². The second-order valence-electron chi connectivity index (χ2n) is 5.73. The lowest BCUT2D eigenvalue weighted by atomic mass is 9.99. The van der Waals surface area contributed by atoms with Crippen LogP contribution in [0.2, 0.25) is 0 Å². The van der Waals surface area contributed by atoms with Crippen molar-refractivity contribution >= 4 is 11.7 Å². The van der Waals surface area contributed by atoms with Gasteiger partial charge in [-0.1, -0.05) is 0 Å². The van der Waals surface area contributed by atoms with Crippen molar-refractivity contribution < 1.29 is 14.3 Å². The van der Waals surface area contributed by atoms with E-state index < -0.39 is 0 Å². The van der Waals surface area contributed by atoms with E-state index in [1.54, 1.807) is 7.11 Å². The third-order valence-electron chi connectivity index (χ3n) is 4.01. The Kier molecular flexibility index (Phi) is 6.07. The molecule has 1 fully saturated rings. The number of urea groups is 1. The average molecular weight is 306 g/mol. The maximum absolute atomic E-state index is 12.4. The summed E-state index contributed by atoms with van der Waals surface area (Å²) in [5, 5.41) is 2.97. The number of nitrogens with zero attached hydrogens (tertiary/aromatic N) is 1. The van der Waals surface area contributed by atoms with Crippen molar-refractivity contribution in [1.82, 2.24) is 4.90 Å². The Hall–Kier alpha value is -1.75. The van der Waals surface area contributed by atoms with Crippen LogP contribution < -0.4 is 10.1 Å². The molecule has 1 heterocycles. The summed E-state index contributed by atoms with van der Waals surface area (Å²) in [4.78, 5) is 14.3. The van der Waals surface area contributed by atoms with Crippen LogP contribution in [0.3, 0.4) is 0 Å². The van der Waals surface area contributed by atoms with Gasteiger partial charge in [-0.05, 0) is 50.5 Å². The molecule has 2 amide bonds. The van der Waals surface area contributed by atoms with Gasteiger partial charge in [0.2, 0.25) is 0 Å². The first-order valence-corrected chi connectivity index (χ1v) is 7.92. The Balaban J connectivity index is 1.92. The highest BCUT2D eigenvalue weighted by atomic mass is 16.5. The monoisotopic (exact) mass is 306 g/mol. The van der Waals surface area contributed by atoms with E-state index in [0.717, 1.165) is 56.1 Å². The fourth-order valence-corrected chi connectivity index (χ4v) is 2.83. The number of piperidine rings is 1. The van der Waals surface area contributed by atoms with E-state index in [0.29, 0.717) is 5.92 Å². The molecule has 0 aromatic heterocycles. The normalized spacial score (nSPS) is 18.1. The number of anilines is 1. The van der Waals surface area contributed by atoms with E-state index >= 15 is 0 Å². The summed E-state index contributed by atoms with van der Waals surface area (Å²) in [7, 11) is 1.65. The maximum Gasteiger partial charge on any atom is 0.321 e. The molecule has 0 aliphatic carbocycles. The molecular weight excluding hydrogens is 280 g/mol. The van der Waals surface area contributed by atoms with Gasteiger partial charge in [0.05, 0.1) is 13.7 Å². The SMILES string of the molecule is CCOC[C@H]1CCCN(C(=O)Nc2ccc(OC)c(C)c2)C1. The van der Waals surface area contributed by atoms with Crippen LogP contribution in [0, 0.1) is 12.8 Å². The highest BCUT2D eigenvalue weighted by molar-refractivity contribution is 5.89. The fourth-order valence-electron chi connectivity index (χ4n) is 2.83. The second-order valence-corrected chi connectivity index (χ2v) is 5.73. The molecule has 0 bridgehead atoms. The molecule has 1 atom stereocenters. The summed E-state index contributed by atoms with van der Waals surface area (Å²) in [6.07, 6.45) is 2.16. The summed E-state index contributed by atoms with van der Waals surface area (Å²) in [5.41, 5.74) is 1.81. The number of carbonyl (C=O) groups excluding carboxylic acids is 1.